The van der Waals surface area contributed by atoms with E-state index in [1.165, 1.54) is 6.07 Å². The van der Waals surface area contributed by atoms with Crippen LogP contribution in [0.3, 0.4) is 0 Å². The van der Waals surface area contributed by atoms with E-state index in [1.54, 1.807) is 47.6 Å². The molecule has 2 atom stereocenters. The van der Waals surface area contributed by atoms with Crippen molar-refractivity contribution in [3.05, 3.63) is 48.8 Å². The second-order valence-electron chi connectivity index (χ2n) is 9.45. The second-order valence-corrected chi connectivity index (χ2v) is 11.3. The molecule has 2 saturated heterocycles. The summed E-state index contributed by atoms with van der Waals surface area (Å²) in [5, 5.41) is 16.2. The highest BCUT2D eigenvalue weighted by Gasteiger charge is 2.47. The number of carbonyl (C=O) groups is 2. The highest BCUT2D eigenvalue weighted by molar-refractivity contribution is 7.89. The van der Waals surface area contributed by atoms with Crippen LogP contribution in [0.1, 0.15) is 25.7 Å². The SMILES string of the molecule is O=C1NC2(CCOc3ccccc3S(=O)(=O)N3C[C@H](O)C[C@@H]13)CCN(C(=O)Nc1cccnc1)CC2. The van der Waals surface area contributed by atoms with Gasteiger partial charge in [-0.3, -0.25) is 9.78 Å². The quantitative estimate of drug-likeness (QED) is 0.518. The summed E-state index contributed by atoms with van der Waals surface area (Å²) in [4.78, 5) is 31.8. The molecule has 4 heterocycles. The Kier molecular flexibility index (Phi) is 6.58. The summed E-state index contributed by atoms with van der Waals surface area (Å²) < 4.78 is 33.9. The molecule has 0 radical (unpaired) electrons. The minimum Gasteiger partial charge on any atom is -0.492 e. The second kappa shape index (κ2) is 9.68. The molecule has 0 unspecified atom stereocenters. The van der Waals surface area contributed by atoms with Crippen molar-refractivity contribution in [3.63, 3.8) is 0 Å². The maximum Gasteiger partial charge on any atom is 0.321 e. The molecule has 1 aromatic carbocycles. The Morgan fingerprint density at radius 2 is 1.94 bits per heavy atom. The summed E-state index contributed by atoms with van der Waals surface area (Å²) in [7, 11) is -4.07. The summed E-state index contributed by atoms with van der Waals surface area (Å²) in [6.45, 7) is 0.836. The van der Waals surface area contributed by atoms with Gasteiger partial charge in [0.2, 0.25) is 15.9 Å². The largest absolute Gasteiger partial charge is 0.492 e. The van der Waals surface area contributed by atoms with Gasteiger partial charge in [0.15, 0.2) is 0 Å². The van der Waals surface area contributed by atoms with Crippen LogP contribution in [-0.2, 0) is 14.8 Å². The van der Waals surface area contributed by atoms with Crippen LogP contribution in [0, 0.1) is 0 Å². The zero-order valence-electron chi connectivity index (χ0n) is 19.7. The number of ether oxygens (including phenoxy) is 1. The Bertz CT molecular complexity index is 1230. The molecule has 3 amide bonds. The summed E-state index contributed by atoms with van der Waals surface area (Å²) in [6.07, 6.45) is 3.67. The molecule has 0 saturated carbocycles. The van der Waals surface area contributed by atoms with E-state index in [-0.39, 0.29) is 36.2 Å². The van der Waals surface area contributed by atoms with Crippen LogP contribution >= 0.6 is 0 Å². The van der Waals surface area contributed by atoms with Gasteiger partial charge < -0.3 is 25.4 Å². The molecule has 3 N–H and O–H groups in total. The number of para-hydroxylation sites is 1. The smallest absolute Gasteiger partial charge is 0.321 e. The lowest BCUT2D eigenvalue weighted by Gasteiger charge is -2.43. The van der Waals surface area contributed by atoms with Crippen LogP contribution in [0.2, 0.25) is 0 Å². The molecule has 3 aliphatic rings. The number of sulfonamides is 1. The third-order valence-corrected chi connectivity index (χ3v) is 9.03. The highest BCUT2D eigenvalue weighted by atomic mass is 32.2. The fourth-order valence-electron chi connectivity index (χ4n) is 5.11. The third-order valence-electron chi connectivity index (χ3n) is 7.12. The molecule has 0 aliphatic carbocycles. The summed E-state index contributed by atoms with van der Waals surface area (Å²) in [5.41, 5.74) is -0.0797. The molecule has 36 heavy (non-hydrogen) atoms. The number of amides is 3. The van der Waals surface area contributed by atoms with Crippen LogP contribution in [0.25, 0.3) is 0 Å². The number of carbonyl (C=O) groups excluding carboxylic acids is 2. The molecule has 1 aromatic heterocycles. The topological polar surface area (TPSA) is 141 Å². The van der Waals surface area contributed by atoms with Crippen molar-refractivity contribution < 1.29 is 27.9 Å². The Balaban J connectivity index is 1.37. The molecule has 5 rings (SSSR count). The van der Waals surface area contributed by atoms with Crippen molar-refractivity contribution in [1.29, 1.82) is 0 Å². The van der Waals surface area contributed by atoms with Gasteiger partial charge in [0, 0.05) is 44.2 Å². The van der Waals surface area contributed by atoms with E-state index in [9.17, 15) is 23.1 Å². The van der Waals surface area contributed by atoms with Crippen molar-refractivity contribution in [2.75, 3.05) is 31.6 Å². The maximum absolute atomic E-state index is 13.5. The standard InChI is InChI=1S/C24H29N5O6S/c30-18-14-19-22(31)27-24(7-11-28(12-8-24)23(32)26-17-4-3-10-25-15-17)9-13-35-20-5-1-2-6-21(20)36(33,34)29(19)16-18/h1-6,10,15,18-19,30H,7-9,11-14,16H2,(H,26,32)(H,27,31)/t18-,19+/m1/s1. The van der Waals surface area contributed by atoms with Crippen molar-refractivity contribution >= 4 is 27.6 Å². The summed E-state index contributed by atoms with van der Waals surface area (Å²) in [6, 6.07) is 8.57. The molecule has 3 aliphatic heterocycles. The first-order valence-electron chi connectivity index (χ1n) is 12.0. The van der Waals surface area contributed by atoms with Crippen LogP contribution in [0.5, 0.6) is 5.75 Å². The van der Waals surface area contributed by atoms with E-state index < -0.39 is 33.6 Å². The summed E-state index contributed by atoms with van der Waals surface area (Å²) in [5.74, 6) is -0.224. The number of anilines is 1. The fraction of sp³-hybridized carbons (Fsp3) is 0.458. The molecule has 1 spiro atoms. The number of urea groups is 1. The molecule has 0 bridgehead atoms. The number of hydrogen-bond acceptors (Lipinski definition) is 7. The van der Waals surface area contributed by atoms with Gasteiger partial charge in [0.25, 0.3) is 0 Å². The number of hydrogen-bond donors (Lipinski definition) is 3. The van der Waals surface area contributed by atoms with Crippen LogP contribution in [0.15, 0.2) is 53.7 Å². The van der Waals surface area contributed by atoms with Crippen LogP contribution in [0.4, 0.5) is 10.5 Å². The zero-order chi connectivity index (χ0) is 25.3. The van der Waals surface area contributed by atoms with Gasteiger partial charge in [-0.2, -0.15) is 4.31 Å². The number of aliphatic hydroxyl groups is 1. The first-order valence-corrected chi connectivity index (χ1v) is 13.4. The van der Waals surface area contributed by atoms with Gasteiger partial charge in [-0.25, -0.2) is 13.2 Å². The lowest BCUT2D eigenvalue weighted by molar-refractivity contribution is -0.127. The van der Waals surface area contributed by atoms with E-state index >= 15 is 0 Å². The number of benzene rings is 1. The summed E-state index contributed by atoms with van der Waals surface area (Å²) >= 11 is 0. The van der Waals surface area contributed by atoms with Gasteiger partial charge in [0.1, 0.15) is 16.7 Å². The minimum atomic E-state index is -4.07. The highest BCUT2D eigenvalue weighted by Crippen LogP contribution is 2.35. The number of nitrogens with zero attached hydrogens (tertiary/aromatic N) is 3. The first kappa shape index (κ1) is 24.5. The monoisotopic (exact) mass is 515 g/mol. The lowest BCUT2D eigenvalue weighted by atomic mass is 9.84. The number of likely N-dealkylation sites (tertiary alicyclic amines) is 1. The number of fused-ring (bicyclic) bond motifs is 2. The Labute approximate surface area is 209 Å². The average Bonchev–Trinajstić information content (AvgIpc) is 3.27. The Morgan fingerprint density at radius 3 is 2.69 bits per heavy atom. The number of nitrogens with one attached hydrogen (secondary N) is 2. The Morgan fingerprint density at radius 1 is 1.17 bits per heavy atom. The van der Waals surface area contributed by atoms with Gasteiger partial charge in [-0.05, 0) is 37.1 Å². The average molecular weight is 516 g/mol. The predicted molar refractivity (Wildman–Crippen MR) is 130 cm³/mol. The third kappa shape index (κ3) is 4.75. The van der Waals surface area contributed by atoms with Crippen molar-refractivity contribution in [3.8, 4) is 5.75 Å². The van der Waals surface area contributed by atoms with E-state index in [0.29, 0.717) is 38.0 Å². The molecule has 11 nitrogen and oxygen atoms in total. The van der Waals surface area contributed by atoms with Crippen molar-refractivity contribution in [2.24, 2.45) is 0 Å². The number of piperidine rings is 1. The van der Waals surface area contributed by atoms with Gasteiger partial charge in [0.05, 0.1) is 24.6 Å². The van der Waals surface area contributed by atoms with Gasteiger partial charge in [-0.15, -0.1) is 0 Å². The molecule has 192 valence electrons. The molecular weight excluding hydrogens is 486 g/mol. The fourth-order valence-corrected chi connectivity index (χ4v) is 6.88. The van der Waals surface area contributed by atoms with Gasteiger partial charge >= 0.3 is 6.03 Å². The van der Waals surface area contributed by atoms with Crippen LogP contribution in [-0.4, -0.2) is 83.6 Å². The number of aliphatic hydroxyl groups excluding tert-OH is 1. The number of aromatic nitrogens is 1. The molecular formula is C24H29N5O6S. The van der Waals surface area contributed by atoms with Crippen molar-refractivity contribution in [2.45, 2.75) is 48.3 Å². The normalized spacial score (nSPS) is 25.6. The molecule has 12 heteroatoms. The first-order chi connectivity index (χ1) is 17.3. The minimum absolute atomic E-state index is 0.0177. The van der Waals surface area contributed by atoms with Crippen LogP contribution < -0.4 is 15.4 Å². The van der Waals surface area contributed by atoms with E-state index in [4.69, 9.17) is 4.74 Å². The van der Waals surface area contributed by atoms with Gasteiger partial charge in [-0.1, -0.05) is 12.1 Å². The number of pyridine rings is 1. The van der Waals surface area contributed by atoms with E-state index in [0.717, 1.165) is 4.31 Å². The van der Waals surface area contributed by atoms with Crippen molar-refractivity contribution in [1.82, 2.24) is 19.5 Å². The molecule has 2 aromatic rings. The van der Waals surface area contributed by atoms with E-state index in [2.05, 4.69) is 15.6 Å². The maximum atomic E-state index is 13.5. The lowest BCUT2D eigenvalue weighted by Crippen LogP contribution is -2.60. The zero-order valence-corrected chi connectivity index (χ0v) is 20.5. The molecule has 2 fully saturated rings. The predicted octanol–water partition coefficient (Wildman–Crippen LogP) is 1.17. The van der Waals surface area contributed by atoms with E-state index in [1.807, 2.05) is 0 Å². The Hall–Kier alpha value is -3.22. The number of rotatable bonds is 1.